The molecule has 1 N–H and O–H groups in total. The van der Waals surface area contributed by atoms with Gasteiger partial charge in [0.2, 0.25) is 0 Å². The van der Waals surface area contributed by atoms with Gasteiger partial charge in [0.05, 0.1) is 43.5 Å². The summed E-state index contributed by atoms with van der Waals surface area (Å²) in [5.41, 5.74) is 0.885. The van der Waals surface area contributed by atoms with E-state index in [1.807, 2.05) is 4.90 Å². The van der Waals surface area contributed by atoms with Gasteiger partial charge in [-0.2, -0.15) is 15.1 Å². The van der Waals surface area contributed by atoms with E-state index in [1.165, 1.54) is 0 Å². The van der Waals surface area contributed by atoms with Crippen molar-refractivity contribution in [2.24, 2.45) is 0 Å². The number of likely N-dealkylation sites (tertiary alicyclic amines) is 1. The molecule has 0 spiro atoms. The van der Waals surface area contributed by atoms with Crippen LogP contribution < -0.4 is 9.64 Å². The Kier molecular flexibility index (Phi) is 7.63. The molecule has 6 bridgehead atoms. The summed E-state index contributed by atoms with van der Waals surface area (Å²) in [5, 5.41) is 8.56. The summed E-state index contributed by atoms with van der Waals surface area (Å²) in [6.07, 6.45) is 5.28. The van der Waals surface area contributed by atoms with E-state index >= 15 is 4.39 Å². The highest BCUT2D eigenvalue weighted by Gasteiger charge is 2.37. The molecular formula is C30H33ClFN7O5. The summed E-state index contributed by atoms with van der Waals surface area (Å²) in [6.45, 7) is 4.31. The highest BCUT2D eigenvalue weighted by molar-refractivity contribution is 6.33. The van der Waals surface area contributed by atoms with Crippen LogP contribution >= 0.6 is 11.6 Å². The minimum atomic E-state index is -1.07. The Morgan fingerprint density at radius 3 is 2.93 bits per heavy atom. The van der Waals surface area contributed by atoms with E-state index in [-0.39, 0.29) is 43.0 Å². The van der Waals surface area contributed by atoms with Crippen molar-refractivity contribution in [3.05, 3.63) is 34.9 Å². The molecule has 0 aliphatic carbocycles. The maximum absolute atomic E-state index is 16.9. The summed E-state index contributed by atoms with van der Waals surface area (Å²) in [6, 6.07) is 2.01. The van der Waals surface area contributed by atoms with Crippen LogP contribution in [-0.2, 0) is 20.6 Å². The van der Waals surface area contributed by atoms with E-state index in [0.29, 0.717) is 70.9 Å². The van der Waals surface area contributed by atoms with Crippen molar-refractivity contribution in [2.45, 2.75) is 44.2 Å². The second-order valence-corrected chi connectivity index (χ2v) is 12.3. The first-order valence-corrected chi connectivity index (χ1v) is 15.2. The Hall–Kier alpha value is -3.81. The Morgan fingerprint density at radius 2 is 2.09 bits per heavy atom. The Balaban J connectivity index is 1.43. The van der Waals surface area contributed by atoms with Gasteiger partial charge in [-0.25, -0.2) is 9.18 Å². The highest BCUT2D eigenvalue weighted by atomic mass is 35.5. The van der Waals surface area contributed by atoms with Crippen LogP contribution in [0.5, 0.6) is 6.01 Å². The van der Waals surface area contributed by atoms with Gasteiger partial charge in [-0.3, -0.25) is 10.1 Å². The van der Waals surface area contributed by atoms with E-state index < -0.39 is 17.6 Å². The van der Waals surface area contributed by atoms with Crippen LogP contribution in [0, 0.1) is 5.82 Å². The first-order valence-electron chi connectivity index (χ1n) is 14.8. The summed E-state index contributed by atoms with van der Waals surface area (Å²) >= 11 is 6.75. The van der Waals surface area contributed by atoms with Crippen molar-refractivity contribution < 1.29 is 28.1 Å². The second kappa shape index (κ2) is 11.6. The third-order valence-corrected chi connectivity index (χ3v) is 8.95. The van der Waals surface area contributed by atoms with Crippen molar-refractivity contribution in [1.82, 2.24) is 30.0 Å². The fourth-order valence-electron chi connectivity index (χ4n) is 6.35. The topological polar surface area (TPSA) is 128 Å². The number of anilines is 1. The van der Waals surface area contributed by atoms with Crippen LogP contribution in [0.3, 0.4) is 0 Å². The number of ether oxygens (including phenoxy) is 4. The van der Waals surface area contributed by atoms with E-state index in [4.69, 9.17) is 35.5 Å². The summed E-state index contributed by atoms with van der Waals surface area (Å²) < 4.78 is 40.1. The molecule has 8 rings (SSSR count). The first kappa shape index (κ1) is 28.9. The maximum atomic E-state index is 16.9. The van der Waals surface area contributed by atoms with Gasteiger partial charge in [0, 0.05) is 34.8 Å². The molecule has 3 aromatic heterocycles. The molecule has 0 amide bonds. The van der Waals surface area contributed by atoms with Crippen LogP contribution in [0.2, 0.25) is 5.02 Å². The lowest BCUT2D eigenvalue weighted by Gasteiger charge is -2.32. The zero-order valence-corrected chi connectivity index (χ0v) is 25.3. The molecule has 2 fully saturated rings. The number of nitrogens with zero attached hydrogens (tertiary/aromatic N) is 6. The molecule has 4 aromatic rings. The SMILES string of the molecule is CN1CCC[C@H]1COc1nc2c3cnc(c(F)c3n1)-c1c(c(Cl)cc3[nH]ncc13)CCCOC(=O)O[C@]1(C)COCCN2C1. The molecule has 2 saturated heterocycles. The van der Waals surface area contributed by atoms with Crippen molar-refractivity contribution >= 4 is 45.4 Å². The number of fused-ring (bicyclic) bond motifs is 7. The average Bonchev–Trinajstić information content (AvgIpc) is 3.58. The lowest BCUT2D eigenvalue weighted by Crippen LogP contribution is -2.46. The minimum Gasteiger partial charge on any atom is -0.462 e. The molecule has 1 aromatic carbocycles. The molecule has 14 heteroatoms. The Labute approximate surface area is 257 Å². The minimum absolute atomic E-state index is 0.0527. The molecule has 44 heavy (non-hydrogen) atoms. The number of carbonyl (C=O) groups is 1. The Morgan fingerprint density at radius 1 is 1.20 bits per heavy atom. The number of likely N-dealkylation sites (N-methyl/N-ethyl adjacent to an activating group) is 1. The lowest BCUT2D eigenvalue weighted by atomic mass is 9.95. The zero-order valence-electron chi connectivity index (χ0n) is 24.6. The van der Waals surface area contributed by atoms with Gasteiger partial charge in [0.15, 0.2) is 11.4 Å². The van der Waals surface area contributed by atoms with Gasteiger partial charge in [-0.1, -0.05) is 11.6 Å². The first-order chi connectivity index (χ1) is 21.3. The van der Waals surface area contributed by atoms with Gasteiger partial charge < -0.3 is 28.7 Å². The van der Waals surface area contributed by atoms with Gasteiger partial charge in [-0.15, -0.1) is 0 Å². The van der Waals surface area contributed by atoms with Crippen LogP contribution in [0.1, 0.15) is 31.7 Å². The molecular weight excluding hydrogens is 593 g/mol. The monoisotopic (exact) mass is 625 g/mol. The average molecular weight is 626 g/mol. The molecule has 2 atom stereocenters. The standard InChI is InChI=1S/C30H33ClFN7O5/c1-30-15-39(8-10-41-16-30)27-20-12-33-26(24(32)25(20)35-28(36-27)43-14-17-5-3-7-38(17)2)23-18(6-4-9-42-29(40)44-30)21(31)11-22-19(23)13-34-37-22/h11-13,17H,3-10,14-16H2,1-2H3,(H,34,37)/t17-,30-/m0/s1. The number of halogens is 2. The fraction of sp³-hybridized carbons (Fsp3) is 0.500. The third kappa shape index (κ3) is 5.37. The summed E-state index contributed by atoms with van der Waals surface area (Å²) in [5.74, 6) is -0.216. The molecule has 7 heterocycles. The van der Waals surface area contributed by atoms with Crippen molar-refractivity contribution in [2.75, 3.05) is 58.0 Å². The molecule has 0 radical (unpaired) electrons. The molecule has 0 saturated carbocycles. The number of H-pyrrole nitrogens is 1. The van der Waals surface area contributed by atoms with Crippen LogP contribution in [0.25, 0.3) is 33.1 Å². The van der Waals surface area contributed by atoms with E-state index in [9.17, 15) is 4.79 Å². The van der Waals surface area contributed by atoms with Gasteiger partial charge in [0.25, 0.3) is 0 Å². The summed E-state index contributed by atoms with van der Waals surface area (Å²) in [7, 11) is 2.06. The lowest BCUT2D eigenvalue weighted by molar-refractivity contribution is -0.0575. The van der Waals surface area contributed by atoms with Crippen LogP contribution in [0.4, 0.5) is 15.0 Å². The number of pyridine rings is 1. The third-order valence-electron chi connectivity index (χ3n) is 8.61. The second-order valence-electron chi connectivity index (χ2n) is 11.9. The fourth-order valence-corrected chi connectivity index (χ4v) is 6.65. The number of nitrogens with one attached hydrogen (secondary N) is 1. The number of aromatic nitrogens is 5. The number of aromatic amines is 1. The van der Waals surface area contributed by atoms with Gasteiger partial charge in [-0.05, 0) is 57.8 Å². The van der Waals surface area contributed by atoms with Crippen molar-refractivity contribution in [3.8, 4) is 17.3 Å². The van der Waals surface area contributed by atoms with E-state index in [0.717, 1.165) is 19.4 Å². The van der Waals surface area contributed by atoms with Gasteiger partial charge in [0.1, 0.15) is 23.6 Å². The molecule has 0 unspecified atom stereocenters. The smallest absolute Gasteiger partial charge is 0.462 e. The van der Waals surface area contributed by atoms with Crippen LogP contribution in [-0.4, -0.2) is 101 Å². The Bertz CT molecular complexity index is 1740. The number of hydrogen-bond acceptors (Lipinski definition) is 11. The number of benzene rings is 1. The highest BCUT2D eigenvalue weighted by Crippen LogP contribution is 2.40. The van der Waals surface area contributed by atoms with Crippen LogP contribution in [0.15, 0.2) is 18.5 Å². The summed E-state index contributed by atoms with van der Waals surface area (Å²) in [4.78, 5) is 30.9. The molecule has 4 aliphatic rings. The molecule has 232 valence electrons. The number of rotatable bonds is 3. The zero-order chi connectivity index (χ0) is 30.4. The predicted octanol–water partition coefficient (Wildman–Crippen LogP) is 4.53. The quantitative estimate of drug-likeness (QED) is 0.323. The van der Waals surface area contributed by atoms with Gasteiger partial charge >= 0.3 is 12.2 Å². The maximum Gasteiger partial charge on any atom is 0.508 e. The van der Waals surface area contributed by atoms with E-state index in [1.54, 1.807) is 25.4 Å². The molecule has 12 nitrogen and oxygen atoms in total. The number of hydrogen-bond donors (Lipinski definition) is 1. The molecule has 4 aliphatic heterocycles. The van der Waals surface area contributed by atoms with Crippen molar-refractivity contribution in [3.63, 3.8) is 0 Å². The normalized spacial score (nSPS) is 23.1. The van der Waals surface area contributed by atoms with Crippen molar-refractivity contribution in [1.29, 1.82) is 0 Å². The predicted molar refractivity (Wildman–Crippen MR) is 161 cm³/mol. The number of carbonyl (C=O) groups excluding carboxylic acids is 1. The largest absolute Gasteiger partial charge is 0.508 e. The van der Waals surface area contributed by atoms with E-state index in [2.05, 4.69) is 32.1 Å².